The summed E-state index contributed by atoms with van der Waals surface area (Å²) in [4.78, 5) is 25.0. The first-order chi connectivity index (χ1) is 8.57. The van der Waals surface area contributed by atoms with Gasteiger partial charge in [0.15, 0.2) is 0 Å². The Bertz CT molecular complexity index is 339. The molecule has 1 saturated heterocycles. The molecule has 5 heteroatoms. The van der Waals surface area contributed by atoms with E-state index in [-0.39, 0.29) is 6.03 Å². The predicted molar refractivity (Wildman–Crippen MR) is 67.3 cm³/mol. The van der Waals surface area contributed by atoms with Gasteiger partial charge in [-0.3, -0.25) is 4.79 Å². The molecular formula is C13H22N2O3. The van der Waals surface area contributed by atoms with Crippen LogP contribution in [0.25, 0.3) is 0 Å². The summed E-state index contributed by atoms with van der Waals surface area (Å²) < 4.78 is 0. The Morgan fingerprint density at radius 2 is 2.06 bits per heavy atom. The standard InChI is InChI=1S/C13H22N2O3/c1-2-13(11(16)17)7-8-15(9-13)12(18)14-10-5-3-4-6-10/h10H,2-9H2,1H3,(H,14,18)(H,16,17). The van der Waals surface area contributed by atoms with Crippen LogP contribution in [-0.2, 0) is 4.79 Å². The predicted octanol–water partition coefficient (Wildman–Crippen LogP) is 1.83. The van der Waals surface area contributed by atoms with Gasteiger partial charge in [-0.15, -0.1) is 0 Å². The van der Waals surface area contributed by atoms with E-state index in [1.165, 1.54) is 12.8 Å². The smallest absolute Gasteiger partial charge is 0.317 e. The third-order valence-corrected chi connectivity index (χ3v) is 4.45. The van der Waals surface area contributed by atoms with Crippen LogP contribution in [0.5, 0.6) is 0 Å². The lowest BCUT2D eigenvalue weighted by Crippen LogP contribution is -2.44. The summed E-state index contributed by atoms with van der Waals surface area (Å²) in [7, 11) is 0. The fourth-order valence-electron chi connectivity index (χ4n) is 3.00. The number of aliphatic carboxylic acids is 1. The molecule has 2 rings (SSSR count). The molecule has 2 amide bonds. The van der Waals surface area contributed by atoms with E-state index in [9.17, 15) is 14.7 Å². The van der Waals surface area contributed by atoms with E-state index >= 15 is 0 Å². The molecule has 2 N–H and O–H groups in total. The van der Waals surface area contributed by atoms with Crippen molar-refractivity contribution in [3.05, 3.63) is 0 Å². The summed E-state index contributed by atoms with van der Waals surface area (Å²) in [6, 6.07) is 0.206. The van der Waals surface area contributed by atoms with Gasteiger partial charge >= 0.3 is 12.0 Å². The van der Waals surface area contributed by atoms with Gasteiger partial charge in [-0.1, -0.05) is 19.8 Å². The lowest BCUT2D eigenvalue weighted by atomic mass is 9.84. The minimum atomic E-state index is -0.777. The lowest BCUT2D eigenvalue weighted by molar-refractivity contribution is -0.148. The average Bonchev–Trinajstić information content (AvgIpc) is 2.97. The Labute approximate surface area is 108 Å². The van der Waals surface area contributed by atoms with Gasteiger partial charge in [-0.05, 0) is 25.7 Å². The highest BCUT2D eigenvalue weighted by Crippen LogP contribution is 2.34. The van der Waals surface area contributed by atoms with Crippen molar-refractivity contribution in [3.8, 4) is 0 Å². The molecule has 0 aromatic carbocycles. The normalized spacial score (nSPS) is 28.6. The van der Waals surface area contributed by atoms with E-state index in [1.54, 1.807) is 4.90 Å². The number of rotatable bonds is 3. The number of nitrogens with one attached hydrogen (secondary N) is 1. The van der Waals surface area contributed by atoms with E-state index in [1.807, 2.05) is 6.92 Å². The van der Waals surface area contributed by atoms with Crippen molar-refractivity contribution < 1.29 is 14.7 Å². The first-order valence-electron chi connectivity index (χ1n) is 6.86. The number of urea groups is 1. The maximum atomic E-state index is 12.0. The van der Waals surface area contributed by atoms with Gasteiger partial charge in [0.2, 0.25) is 0 Å². The van der Waals surface area contributed by atoms with Gasteiger partial charge in [0.05, 0.1) is 5.41 Å². The second-order valence-electron chi connectivity index (χ2n) is 5.54. The van der Waals surface area contributed by atoms with E-state index in [0.717, 1.165) is 12.8 Å². The van der Waals surface area contributed by atoms with Crippen molar-refractivity contribution in [3.63, 3.8) is 0 Å². The number of hydrogen-bond acceptors (Lipinski definition) is 2. The molecule has 1 aliphatic carbocycles. The summed E-state index contributed by atoms with van der Waals surface area (Å²) in [5.41, 5.74) is -0.729. The van der Waals surface area contributed by atoms with Crippen molar-refractivity contribution >= 4 is 12.0 Å². The van der Waals surface area contributed by atoms with Gasteiger partial charge in [0.25, 0.3) is 0 Å². The second kappa shape index (κ2) is 5.16. The van der Waals surface area contributed by atoms with Crippen LogP contribution < -0.4 is 5.32 Å². The molecule has 2 aliphatic rings. The van der Waals surface area contributed by atoms with Crippen LogP contribution in [0.1, 0.15) is 45.4 Å². The third-order valence-electron chi connectivity index (χ3n) is 4.45. The van der Waals surface area contributed by atoms with Crippen LogP contribution >= 0.6 is 0 Å². The molecule has 0 aromatic heterocycles. The Balaban J connectivity index is 1.91. The molecule has 0 radical (unpaired) electrons. The molecule has 102 valence electrons. The number of carboxylic acid groups (broad SMARTS) is 1. The SMILES string of the molecule is CCC1(C(=O)O)CCN(C(=O)NC2CCCC2)C1. The van der Waals surface area contributed by atoms with Crippen LogP contribution in [0.4, 0.5) is 4.79 Å². The van der Waals surface area contributed by atoms with Gasteiger partial charge < -0.3 is 15.3 Å². The number of carbonyl (C=O) groups is 2. The Kier molecular flexibility index (Phi) is 3.78. The number of nitrogens with zero attached hydrogens (tertiary/aromatic N) is 1. The molecule has 1 atom stereocenters. The second-order valence-corrected chi connectivity index (χ2v) is 5.54. The summed E-state index contributed by atoms with van der Waals surface area (Å²) in [6.07, 6.45) is 5.61. The quantitative estimate of drug-likeness (QED) is 0.807. The Morgan fingerprint density at radius 1 is 1.39 bits per heavy atom. The van der Waals surface area contributed by atoms with Gasteiger partial charge in [-0.25, -0.2) is 4.79 Å². The Morgan fingerprint density at radius 3 is 2.56 bits per heavy atom. The topological polar surface area (TPSA) is 69.6 Å². The summed E-state index contributed by atoms with van der Waals surface area (Å²) in [5.74, 6) is -0.777. The summed E-state index contributed by atoms with van der Waals surface area (Å²) in [6.45, 7) is 2.78. The van der Waals surface area contributed by atoms with E-state index in [0.29, 0.717) is 32.0 Å². The molecular weight excluding hydrogens is 232 g/mol. The highest BCUT2D eigenvalue weighted by atomic mass is 16.4. The van der Waals surface area contributed by atoms with Crippen LogP contribution in [-0.4, -0.2) is 41.1 Å². The fourth-order valence-corrected chi connectivity index (χ4v) is 3.00. The Hall–Kier alpha value is -1.26. The van der Waals surface area contributed by atoms with Gasteiger partial charge in [0.1, 0.15) is 0 Å². The molecule has 2 fully saturated rings. The molecule has 1 saturated carbocycles. The summed E-state index contributed by atoms with van der Waals surface area (Å²) in [5, 5.41) is 12.3. The van der Waals surface area contributed by atoms with Gasteiger partial charge in [-0.2, -0.15) is 0 Å². The zero-order chi connectivity index (χ0) is 13.2. The highest BCUT2D eigenvalue weighted by molar-refractivity contribution is 5.79. The molecule has 0 spiro atoms. The van der Waals surface area contributed by atoms with Crippen molar-refractivity contribution in [2.45, 2.75) is 51.5 Å². The maximum absolute atomic E-state index is 12.0. The van der Waals surface area contributed by atoms with E-state index in [4.69, 9.17) is 0 Å². The lowest BCUT2D eigenvalue weighted by Gasteiger charge is -2.24. The van der Waals surface area contributed by atoms with Crippen molar-refractivity contribution in [2.75, 3.05) is 13.1 Å². The molecule has 0 bridgehead atoms. The first kappa shape index (κ1) is 13.2. The van der Waals surface area contributed by atoms with Crippen molar-refractivity contribution in [1.29, 1.82) is 0 Å². The molecule has 1 unspecified atom stereocenters. The zero-order valence-electron chi connectivity index (χ0n) is 10.9. The average molecular weight is 254 g/mol. The van der Waals surface area contributed by atoms with E-state index < -0.39 is 11.4 Å². The number of carbonyl (C=O) groups excluding carboxylic acids is 1. The van der Waals surface area contributed by atoms with Crippen LogP contribution in [0.3, 0.4) is 0 Å². The fraction of sp³-hybridized carbons (Fsp3) is 0.846. The number of likely N-dealkylation sites (tertiary alicyclic amines) is 1. The molecule has 0 aromatic rings. The largest absolute Gasteiger partial charge is 0.481 e. The molecule has 1 aliphatic heterocycles. The zero-order valence-corrected chi connectivity index (χ0v) is 10.9. The maximum Gasteiger partial charge on any atom is 0.317 e. The molecule has 1 heterocycles. The van der Waals surface area contributed by atoms with Crippen molar-refractivity contribution in [2.24, 2.45) is 5.41 Å². The van der Waals surface area contributed by atoms with Crippen LogP contribution in [0.15, 0.2) is 0 Å². The number of carboxylic acids is 1. The third kappa shape index (κ3) is 2.44. The monoisotopic (exact) mass is 254 g/mol. The minimum absolute atomic E-state index is 0.0847. The van der Waals surface area contributed by atoms with Crippen LogP contribution in [0.2, 0.25) is 0 Å². The number of amides is 2. The van der Waals surface area contributed by atoms with E-state index in [2.05, 4.69) is 5.32 Å². The van der Waals surface area contributed by atoms with Gasteiger partial charge in [0, 0.05) is 19.1 Å². The number of hydrogen-bond donors (Lipinski definition) is 2. The minimum Gasteiger partial charge on any atom is -0.481 e. The molecule has 18 heavy (non-hydrogen) atoms. The first-order valence-corrected chi connectivity index (χ1v) is 6.86. The highest BCUT2D eigenvalue weighted by Gasteiger charge is 2.44. The van der Waals surface area contributed by atoms with Crippen molar-refractivity contribution in [1.82, 2.24) is 10.2 Å². The van der Waals surface area contributed by atoms with Crippen LogP contribution in [0, 0.1) is 5.41 Å². The molecule has 5 nitrogen and oxygen atoms in total. The summed E-state index contributed by atoms with van der Waals surface area (Å²) >= 11 is 0.